The van der Waals surface area contributed by atoms with Gasteiger partial charge in [-0.25, -0.2) is 0 Å². The summed E-state index contributed by atoms with van der Waals surface area (Å²) in [5, 5.41) is 12.2. The molecule has 0 unspecified atom stereocenters. The maximum atomic E-state index is 4.45. The van der Waals surface area contributed by atoms with Gasteiger partial charge in [0, 0.05) is 13.6 Å². The van der Waals surface area contributed by atoms with Gasteiger partial charge in [0.25, 0.3) is 0 Å². The third-order valence-electron chi connectivity index (χ3n) is 2.80. The van der Waals surface area contributed by atoms with Crippen LogP contribution in [0.15, 0.2) is 48.8 Å². The fourth-order valence-corrected chi connectivity index (χ4v) is 1.86. The van der Waals surface area contributed by atoms with Crippen LogP contribution < -0.4 is 4.90 Å². The molecule has 5 nitrogen and oxygen atoms in total. The van der Waals surface area contributed by atoms with Gasteiger partial charge in [0.05, 0.1) is 0 Å². The zero-order valence-electron chi connectivity index (χ0n) is 10.1. The molecule has 1 aromatic carbocycles. The molecule has 0 spiro atoms. The Bertz CT molecular complexity index is 647. The third kappa shape index (κ3) is 2.02. The lowest BCUT2D eigenvalue weighted by molar-refractivity contribution is 0.838. The first kappa shape index (κ1) is 10.7. The van der Waals surface area contributed by atoms with Gasteiger partial charge in [-0.1, -0.05) is 30.3 Å². The minimum atomic E-state index is 0.756. The average Bonchev–Trinajstić information content (AvgIpc) is 2.87. The first-order valence-corrected chi connectivity index (χ1v) is 5.75. The molecule has 0 saturated carbocycles. The van der Waals surface area contributed by atoms with Crippen molar-refractivity contribution in [2.45, 2.75) is 6.54 Å². The molecule has 2 aromatic heterocycles. The highest BCUT2D eigenvalue weighted by Gasteiger charge is 2.05. The van der Waals surface area contributed by atoms with E-state index < -0.39 is 0 Å². The minimum Gasteiger partial charge on any atom is -0.354 e. The quantitative estimate of drug-likeness (QED) is 0.698. The van der Waals surface area contributed by atoms with E-state index in [1.807, 2.05) is 37.4 Å². The van der Waals surface area contributed by atoms with Crippen molar-refractivity contribution in [3.05, 3.63) is 54.4 Å². The van der Waals surface area contributed by atoms with E-state index in [1.165, 1.54) is 5.56 Å². The van der Waals surface area contributed by atoms with E-state index >= 15 is 0 Å². The smallest absolute Gasteiger partial charge is 0.177 e. The van der Waals surface area contributed by atoms with Crippen molar-refractivity contribution in [1.82, 2.24) is 19.8 Å². The van der Waals surface area contributed by atoms with Crippen LogP contribution in [0.3, 0.4) is 0 Å². The number of benzene rings is 1. The van der Waals surface area contributed by atoms with E-state index in [0.29, 0.717) is 0 Å². The molecule has 3 aromatic rings. The Balaban J connectivity index is 1.85. The average molecular weight is 239 g/mol. The molecular formula is C13H13N5. The molecule has 0 saturated heterocycles. The first-order valence-electron chi connectivity index (χ1n) is 5.75. The van der Waals surface area contributed by atoms with E-state index in [0.717, 1.165) is 18.0 Å². The van der Waals surface area contributed by atoms with E-state index in [4.69, 9.17) is 0 Å². The second kappa shape index (κ2) is 4.44. The highest BCUT2D eigenvalue weighted by atomic mass is 15.4. The first-order chi connectivity index (χ1) is 8.83. The Labute approximate surface area is 105 Å². The summed E-state index contributed by atoms with van der Waals surface area (Å²) in [6.07, 6.45) is 1.61. The van der Waals surface area contributed by atoms with Gasteiger partial charge in [0.2, 0.25) is 0 Å². The van der Waals surface area contributed by atoms with Crippen LogP contribution >= 0.6 is 0 Å². The maximum absolute atomic E-state index is 4.45. The van der Waals surface area contributed by atoms with Crippen LogP contribution in [0, 0.1) is 0 Å². The van der Waals surface area contributed by atoms with Crippen LogP contribution in [0.2, 0.25) is 0 Å². The van der Waals surface area contributed by atoms with Gasteiger partial charge in [-0.15, -0.1) is 15.3 Å². The van der Waals surface area contributed by atoms with Gasteiger partial charge in [0.15, 0.2) is 5.65 Å². The Morgan fingerprint density at radius 1 is 1.11 bits per heavy atom. The Morgan fingerprint density at radius 3 is 2.78 bits per heavy atom. The van der Waals surface area contributed by atoms with Crippen LogP contribution in [0.4, 0.5) is 5.82 Å². The molecule has 0 amide bonds. The lowest BCUT2D eigenvalue weighted by Gasteiger charge is -2.17. The van der Waals surface area contributed by atoms with Crippen LogP contribution in [-0.4, -0.2) is 26.9 Å². The molecule has 0 aliphatic rings. The third-order valence-corrected chi connectivity index (χ3v) is 2.80. The molecule has 0 radical (unpaired) electrons. The molecule has 18 heavy (non-hydrogen) atoms. The predicted molar refractivity (Wildman–Crippen MR) is 69.3 cm³/mol. The summed E-state index contributed by atoms with van der Waals surface area (Å²) in [4.78, 5) is 2.09. The molecular weight excluding hydrogens is 226 g/mol. The zero-order chi connectivity index (χ0) is 12.4. The van der Waals surface area contributed by atoms with E-state index in [9.17, 15) is 0 Å². The van der Waals surface area contributed by atoms with Crippen molar-refractivity contribution in [3.63, 3.8) is 0 Å². The summed E-state index contributed by atoms with van der Waals surface area (Å²) in [6.45, 7) is 0.821. The molecule has 2 heterocycles. The van der Waals surface area contributed by atoms with Crippen molar-refractivity contribution in [1.29, 1.82) is 0 Å². The summed E-state index contributed by atoms with van der Waals surface area (Å²) in [5.74, 6) is 0.895. The molecule has 0 bridgehead atoms. The molecule has 0 N–H and O–H groups in total. The fraction of sp³-hybridized carbons (Fsp3) is 0.154. The van der Waals surface area contributed by atoms with Crippen molar-refractivity contribution >= 4 is 11.5 Å². The second-order valence-electron chi connectivity index (χ2n) is 4.17. The number of rotatable bonds is 3. The number of hydrogen-bond acceptors (Lipinski definition) is 4. The summed E-state index contributed by atoms with van der Waals surface area (Å²) in [7, 11) is 2.02. The molecule has 0 fully saturated rings. The molecule has 0 aliphatic carbocycles. The van der Waals surface area contributed by atoms with E-state index in [-0.39, 0.29) is 0 Å². The Hall–Kier alpha value is -2.43. The van der Waals surface area contributed by atoms with Crippen LogP contribution in [-0.2, 0) is 6.54 Å². The molecule has 5 heteroatoms. The molecule has 0 aliphatic heterocycles. The van der Waals surface area contributed by atoms with Crippen molar-refractivity contribution < 1.29 is 0 Å². The lowest BCUT2D eigenvalue weighted by Crippen LogP contribution is -2.18. The van der Waals surface area contributed by atoms with Gasteiger partial charge in [0.1, 0.15) is 12.1 Å². The second-order valence-corrected chi connectivity index (χ2v) is 4.17. The summed E-state index contributed by atoms with van der Waals surface area (Å²) >= 11 is 0. The fourth-order valence-electron chi connectivity index (χ4n) is 1.86. The Morgan fingerprint density at radius 2 is 1.94 bits per heavy atom. The van der Waals surface area contributed by atoms with Gasteiger partial charge in [-0.3, -0.25) is 0 Å². The van der Waals surface area contributed by atoms with Crippen LogP contribution in [0.5, 0.6) is 0 Å². The molecule has 90 valence electrons. The van der Waals surface area contributed by atoms with Crippen LogP contribution in [0.25, 0.3) is 5.65 Å². The van der Waals surface area contributed by atoms with Crippen LogP contribution in [0.1, 0.15) is 5.56 Å². The van der Waals surface area contributed by atoms with Crippen molar-refractivity contribution in [2.24, 2.45) is 0 Å². The SMILES string of the molecule is CN(Cc1ccccc1)c1ccc2nncn2n1. The monoisotopic (exact) mass is 239 g/mol. The van der Waals surface area contributed by atoms with E-state index in [1.54, 1.807) is 10.8 Å². The van der Waals surface area contributed by atoms with Crippen molar-refractivity contribution in [3.8, 4) is 0 Å². The summed E-state index contributed by atoms with van der Waals surface area (Å²) in [5.41, 5.74) is 2.01. The zero-order valence-corrected chi connectivity index (χ0v) is 10.1. The number of fused-ring (bicyclic) bond motifs is 1. The number of aromatic nitrogens is 4. The highest BCUT2D eigenvalue weighted by molar-refractivity contribution is 5.44. The highest BCUT2D eigenvalue weighted by Crippen LogP contribution is 2.12. The van der Waals surface area contributed by atoms with Gasteiger partial charge >= 0.3 is 0 Å². The number of nitrogens with zero attached hydrogens (tertiary/aromatic N) is 5. The Kier molecular flexibility index (Phi) is 2.64. The summed E-state index contributed by atoms with van der Waals surface area (Å²) < 4.78 is 1.68. The van der Waals surface area contributed by atoms with E-state index in [2.05, 4.69) is 32.3 Å². The standard InChI is InChI=1S/C13H13N5/c1-17(9-11-5-3-2-4-6-11)13-8-7-12-15-14-10-18(12)16-13/h2-8,10H,9H2,1H3. The largest absolute Gasteiger partial charge is 0.354 e. The van der Waals surface area contributed by atoms with Gasteiger partial charge in [-0.2, -0.15) is 4.52 Å². The molecule has 0 atom stereocenters. The number of anilines is 1. The predicted octanol–water partition coefficient (Wildman–Crippen LogP) is 1.76. The lowest BCUT2D eigenvalue weighted by atomic mass is 10.2. The number of hydrogen-bond donors (Lipinski definition) is 0. The summed E-state index contributed by atoms with van der Waals surface area (Å²) in [6, 6.07) is 14.2. The topological polar surface area (TPSA) is 46.3 Å². The normalized spacial score (nSPS) is 10.7. The molecule has 3 rings (SSSR count). The van der Waals surface area contributed by atoms with Gasteiger partial charge in [-0.05, 0) is 17.7 Å². The van der Waals surface area contributed by atoms with Gasteiger partial charge < -0.3 is 4.90 Å². The van der Waals surface area contributed by atoms with Crippen molar-refractivity contribution in [2.75, 3.05) is 11.9 Å². The minimum absolute atomic E-state index is 0.756. The maximum Gasteiger partial charge on any atom is 0.177 e.